The first kappa shape index (κ1) is 13.8. The quantitative estimate of drug-likeness (QED) is 0.907. The predicted molar refractivity (Wildman–Crippen MR) is 76.8 cm³/mol. The van der Waals surface area contributed by atoms with Gasteiger partial charge >= 0.3 is 0 Å². The molecular formula is C13H14BrN3O2. The van der Waals surface area contributed by atoms with Crippen LogP contribution in [0.5, 0.6) is 0 Å². The number of hydrogen-bond acceptors (Lipinski definition) is 3. The van der Waals surface area contributed by atoms with Crippen LogP contribution >= 0.6 is 15.9 Å². The lowest BCUT2D eigenvalue weighted by atomic mass is 10.1. The highest BCUT2D eigenvalue weighted by Crippen LogP contribution is 2.23. The van der Waals surface area contributed by atoms with Gasteiger partial charge in [0.15, 0.2) is 0 Å². The number of anilines is 1. The number of benzene rings is 1. The Morgan fingerprint density at radius 3 is 2.68 bits per heavy atom. The van der Waals surface area contributed by atoms with Crippen LogP contribution in [-0.2, 0) is 11.3 Å². The summed E-state index contributed by atoms with van der Waals surface area (Å²) in [4.78, 5) is 11.1. The van der Waals surface area contributed by atoms with Crippen molar-refractivity contribution in [2.75, 3.05) is 11.9 Å². The molecule has 0 unspecified atom stereocenters. The highest BCUT2D eigenvalue weighted by atomic mass is 79.9. The van der Waals surface area contributed by atoms with Crippen LogP contribution in [0.15, 0.2) is 34.8 Å². The fraction of sp³-hybridized carbons (Fsp3) is 0.231. The number of aliphatic hydroxyl groups is 1. The van der Waals surface area contributed by atoms with Gasteiger partial charge < -0.3 is 10.4 Å². The van der Waals surface area contributed by atoms with E-state index in [4.69, 9.17) is 5.11 Å². The Labute approximate surface area is 119 Å². The monoisotopic (exact) mass is 323 g/mol. The molecule has 0 aliphatic carbocycles. The molecule has 1 amide bonds. The molecule has 5 nitrogen and oxygen atoms in total. The summed E-state index contributed by atoms with van der Waals surface area (Å²) in [6, 6.07) is 9.53. The third-order valence-electron chi connectivity index (χ3n) is 2.54. The third-order valence-corrected chi connectivity index (χ3v) is 3.06. The summed E-state index contributed by atoms with van der Waals surface area (Å²) in [6.07, 6.45) is 0. The Hall–Kier alpha value is -1.66. The summed E-state index contributed by atoms with van der Waals surface area (Å²) < 4.78 is 2.58. The van der Waals surface area contributed by atoms with Gasteiger partial charge in [-0.15, -0.1) is 0 Å². The summed E-state index contributed by atoms with van der Waals surface area (Å²) in [5, 5.41) is 16.1. The van der Waals surface area contributed by atoms with E-state index in [-0.39, 0.29) is 12.5 Å². The summed E-state index contributed by atoms with van der Waals surface area (Å²) in [5.41, 5.74) is 1.70. The minimum absolute atomic E-state index is 0.0337. The van der Waals surface area contributed by atoms with Crippen LogP contribution in [0.2, 0.25) is 0 Å². The molecular weight excluding hydrogens is 310 g/mol. The van der Waals surface area contributed by atoms with E-state index >= 15 is 0 Å². The van der Waals surface area contributed by atoms with Gasteiger partial charge in [0.25, 0.3) is 0 Å². The Morgan fingerprint density at radius 2 is 2.11 bits per heavy atom. The molecule has 1 aromatic carbocycles. The lowest BCUT2D eigenvalue weighted by molar-refractivity contribution is -0.114. The standard InChI is InChI=1S/C13H14BrN3O2/c1-9(19)15-13-8-12(16-17(13)6-7-18)10-2-4-11(14)5-3-10/h2-5,8,18H,6-7H2,1H3,(H,15,19). The number of carbonyl (C=O) groups excluding carboxylic acids is 1. The number of nitrogens with zero attached hydrogens (tertiary/aromatic N) is 2. The van der Waals surface area contributed by atoms with E-state index in [2.05, 4.69) is 26.3 Å². The van der Waals surface area contributed by atoms with Crippen molar-refractivity contribution >= 4 is 27.7 Å². The second kappa shape index (κ2) is 5.99. The molecule has 1 heterocycles. The molecule has 6 heteroatoms. The van der Waals surface area contributed by atoms with Gasteiger partial charge in [-0.25, -0.2) is 4.68 Å². The predicted octanol–water partition coefficient (Wildman–Crippen LogP) is 2.26. The van der Waals surface area contributed by atoms with E-state index in [0.29, 0.717) is 12.4 Å². The van der Waals surface area contributed by atoms with Gasteiger partial charge in [0.1, 0.15) is 5.82 Å². The summed E-state index contributed by atoms with van der Waals surface area (Å²) in [7, 11) is 0. The Morgan fingerprint density at radius 1 is 1.42 bits per heavy atom. The number of amides is 1. The number of halogens is 1. The first-order valence-electron chi connectivity index (χ1n) is 5.82. The zero-order valence-electron chi connectivity index (χ0n) is 10.4. The van der Waals surface area contributed by atoms with Crippen LogP contribution in [-0.4, -0.2) is 27.4 Å². The normalized spacial score (nSPS) is 10.5. The molecule has 19 heavy (non-hydrogen) atoms. The van der Waals surface area contributed by atoms with E-state index in [9.17, 15) is 4.79 Å². The molecule has 2 rings (SSSR count). The summed E-state index contributed by atoms with van der Waals surface area (Å²) >= 11 is 3.38. The largest absolute Gasteiger partial charge is 0.394 e. The Balaban J connectivity index is 2.35. The molecule has 1 aromatic heterocycles. The third kappa shape index (κ3) is 3.42. The fourth-order valence-electron chi connectivity index (χ4n) is 1.72. The molecule has 100 valence electrons. The molecule has 0 saturated carbocycles. The van der Waals surface area contributed by atoms with Gasteiger partial charge in [0.2, 0.25) is 5.91 Å². The van der Waals surface area contributed by atoms with Crippen molar-refractivity contribution in [2.24, 2.45) is 0 Å². The topological polar surface area (TPSA) is 67.2 Å². The Bertz CT molecular complexity index is 578. The van der Waals surface area contributed by atoms with E-state index in [1.54, 1.807) is 10.7 Å². The molecule has 0 radical (unpaired) electrons. The number of aromatic nitrogens is 2. The van der Waals surface area contributed by atoms with Crippen LogP contribution in [0.1, 0.15) is 6.92 Å². The second-order valence-electron chi connectivity index (χ2n) is 4.05. The number of carbonyl (C=O) groups is 1. The molecule has 0 fully saturated rings. The van der Waals surface area contributed by atoms with E-state index in [0.717, 1.165) is 15.7 Å². The lowest BCUT2D eigenvalue weighted by Crippen LogP contribution is -2.13. The van der Waals surface area contributed by atoms with Gasteiger partial charge in [-0.1, -0.05) is 28.1 Å². The van der Waals surface area contributed by atoms with E-state index in [1.807, 2.05) is 24.3 Å². The molecule has 0 atom stereocenters. The molecule has 2 aromatic rings. The number of hydrogen-bond donors (Lipinski definition) is 2. The summed E-state index contributed by atoms with van der Waals surface area (Å²) in [6.45, 7) is 1.75. The highest BCUT2D eigenvalue weighted by Gasteiger charge is 2.10. The highest BCUT2D eigenvalue weighted by molar-refractivity contribution is 9.10. The van der Waals surface area contributed by atoms with Crippen molar-refractivity contribution in [1.82, 2.24) is 9.78 Å². The summed E-state index contributed by atoms with van der Waals surface area (Å²) in [5.74, 6) is 0.418. The van der Waals surface area contributed by atoms with Crippen molar-refractivity contribution in [3.63, 3.8) is 0 Å². The van der Waals surface area contributed by atoms with Gasteiger partial charge in [0, 0.05) is 23.0 Å². The lowest BCUT2D eigenvalue weighted by Gasteiger charge is -2.04. The number of nitrogens with one attached hydrogen (secondary N) is 1. The van der Waals surface area contributed by atoms with Crippen LogP contribution in [0, 0.1) is 0 Å². The van der Waals surface area contributed by atoms with Crippen molar-refractivity contribution < 1.29 is 9.90 Å². The maximum absolute atomic E-state index is 11.1. The fourth-order valence-corrected chi connectivity index (χ4v) is 1.99. The average Bonchev–Trinajstić information content (AvgIpc) is 2.73. The molecule has 0 aliphatic heterocycles. The molecule has 0 spiro atoms. The minimum Gasteiger partial charge on any atom is -0.394 e. The number of rotatable bonds is 4. The van der Waals surface area contributed by atoms with Crippen LogP contribution in [0.3, 0.4) is 0 Å². The zero-order chi connectivity index (χ0) is 13.8. The van der Waals surface area contributed by atoms with Gasteiger partial charge in [0.05, 0.1) is 18.8 Å². The molecule has 0 bridgehead atoms. The molecule has 2 N–H and O–H groups in total. The van der Waals surface area contributed by atoms with Crippen molar-refractivity contribution in [3.8, 4) is 11.3 Å². The molecule has 0 saturated heterocycles. The Kier molecular flexibility index (Phi) is 4.34. The van der Waals surface area contributed by atoms with Crippen LogP contribution in [0.4, 0.5) is 5.82 Å². The first-order chi connectivity index (χ1) is 9.10. The second-order valence-corrected chi connectivity index (χ2v) is 4.97. The minimum atomic E-state index is -0.165. The van der Waals surface area contributed by atoms with Crippen molar-refractivity contribution in [3.05, 3.63) is 34.8 Å². The maximum atomic E-state index is 11.1. The van der Waals surface area contributed by atoms with Crippen LogP contribution in [0.25, 0.3) is 11.3 Å². The maximum Gasteiger partial charge on any atom is 0.222 e. The van der Waals surface area contributed by atoms with E-state index in [1.165, 1.54) is 6.92 Å². The van der Waals surface area contributed by atoms with Gasteiger partial charge in [-0.3, -0.25) is 4.79 Å². The van der Waals surface area contributed by atoms with Crippen molar-refractivity contribution in [2.45, 2.75) is 13.5 Å². The molecule has 0 aliphatic rings. The van der Waals surface area contributed by atoms with E-state index < -0.39 is 0 Å². The SMILES string of the molecule is CC(=O)Nc1cc(-c2ccc(Br)cc2)nn1CCO. The van der Waals surface area contributed by atoms with Gasteiger partial charge in [-0.2, -0.15) is 5.10 Å². The zero-order valence-corrected chi connectivity index (χ0v) is 12.0. The van der Waals surface area contributed by atoms with Gasteiger partial charge in [-0.05, 0) is 12.1 Å². The smallest absolute Gasteiger partial charge is 0.222 e. The van der Waals surface area contributed by atoms with Crippen LogP contribution < -0.4 is 5.32 Å². The van der Waals surface area contributed by atoms with Crippen molar-refractivity contribution in [1.29, 1.82) is 0 Å². The first-order valence-corrected chi connectivity index (χ1v) is 6.61. The average molecular weight is 324 g/mol. The number of aliphatic hydroxyl groups excluding tert-OH is 1.